The van der Waals surface area contributed by atoms with E-state index in [9.17, 15) is 0 Å². The van der Waals surface area contributed by atoms with Crippen LogP contribution in [0.3, 0.4) is 0 Å². The van der Waals surface area contributed by atoms with Crippen molar-refractivity contribution < 1.29 is 0 Å². The van der Waals surface area contributed by atoms with Crippen LogP contribution in [0.15, 0.2) is 60.2 Å². The van der Waals surface area contributed by atoms with Gasteiger partial charge < -0.3 is 0 Å². The molecule has 2 rings (SSSR count). The van der Waals surface area contributed by atoms with Crippen molar-refractivity contribution in [1.82, 2.24) is 0 Å². The number of allylic oxidation sites excluding steroid dienone is 4. The van der Waals surface area contributed by atoms with Gasteiger partial charge in [0, 0.05) is 0 Å². The Morgan fingerprint density at radius 1 is 0.870 bits per heavy atom. The van der Waals surface area contributed by atoms with Crippen LogP contribution < -0.4 is 0 Å². The molecule has 0 fully saturated rings. The first kappa shape index (κ1) is 17.3. The van der Waals surface area contributed by atoms with E-state index in [-0.39, 0.29) is 0 Å². The van der Waals surface area contributed by atoms with Crippen LogP contribution in [0.4, 0.5) is 0 Å². The highest BCUT2D eigenvalue weighted by Crippen LogP contribution is 2.29. The molecule has 0 aliphatic heterocycles. The van der Waals surface area contributed by atoms with Crippen molar-refractivity contribution in [1.29, 1.82) is 0 Å². The van der Waals surface area contributed by atoms with Gasteiger partial charge in [-0.2, -0.15) is 0 Å². The van der Waals surface area contributed by atoms with E-state index in [0.717, 1.165) is 12.8 Å². The number of hydrogen-bond acceptors (Lipinski definition) is 0. The molecule has 2 aromatic carbocycles. The summed E-state index contributed by atoms with van der Waals surface area (Å²) in [6.45, 7) is 11.1. The Labute approximate surface area is 141 Å². The fourth-order valence-corrected chi connectivity index (χ4v) is 2.85. The average molecular weight is 304 g/mol. The zero-order valence-corrected chi connectivity index (χ0v) is 15.1. The molecular formula is C23H28. The monoisotopic (exact) mass is 304 g/mol. The maximum atomic E-state index is 2.39. The SMILES string of the molecule is CC/C(=C/C(=C(\C)CC)c1ccc(C)cc1)c1ccccc1C. The van der Waals surface area contributed by atoms with Gasteiger partial charge in [0.25, 0.3) is 0 Å². The Bertz CT molecular complexity index is 712. The van der Waals surface area contributed by atoms with Gasteiger partial charge in [0.05, 0.1) is 0 Å². The lowest BCUT2D eigenvalue weighted by atomic mass is 9.91. The van der Waals surface area contributed by atoms with E-state index < -0.39 is 0 Å². The molecule has 0 unspecified atom stereocenters. The third kappa shape index (κ3) is 4.22. The highest BCUT2D eigenvalue weighted by atomic mass is 14.1. The summed E-state index contributed by atoms with van der Waals surface area (Å²) in [6, 6.07) is 17.6. The minimum absolute atomic E-state index is 1.04. The van der Waals surface area contributed by atoms with Gasteiger partial charge in [-0.1, -0.05) is 79.6 Å². The predicted octanol–water partition coefficient (Wildman–Crippen LogP) is 6.98. The molecular weight excluding hydrogens is 276 g/mol. The van der Waals surface area contributed by atoms with Crippen molar-refractivity contribution in [2.45, 2.75) is 47.5 Å². The van der Waals surface area contributed by atoms with Gasteiger partial charge in [-0.25, -0.2) is 0 Å². The van der Waals surface area contributed by atoms with Crippen LogP contribution >= 0.6 is 0 Å². The molecule has 0 radical (unpaired) electrons. The molecule has 0 saturated heterocycles. The second-order valence-electron chi connectivity index (χ2n) is 6.25. The summed E-state index contributed by atoms with van der Waals surface area (Å²) in [6.07, 6.45) is 4.51. The van der Waals surface area contributed by atoms with E-state index >= 15 is 0 Å². The first-order chi connectivity index (χ1) is 11.1. The molecule has 0 aromatic heterocycles. The van der Waals surface area contributed by atoms with E-state index in [1.165, 1.54) is 39.0 Å². The van der Waals surface area contributed by atoms with E-state index in [4.69, 9.17) is 0 Å². The van der Waals surface area contributed by atoms with Gasteiger partial charge in [0.15, 0.2) is 0 Å². The van der Waals surface area contributed by atoms with Crippen LogP contribution in [0.5, 0.6) is 0 Å². The minimum Gasteiger partial charge on any atom is -0.0657 e. The standard InChI is InChI=1S/C23H28/c1-6-18(4)23(21-14-12-17(3)13-15-21)16-20(7-2)22-11-9-8-10-19(22)5/h8-16H,6-7H2,1-5H3/b20-16-,23-18-. The topological polar surface area (TPSA) is 0 Å². The average Bonchev–Trinajstić information content (AvgIpc) is 2.57. The van der Waals surface area contributed by atoms with Crippen molar-refractivity contribution in [2.24, 2.45) is 0 Å². The van der Waals surface area contributed by atoms with Crippen LogP contribution in [0, 0.1) is 13.8 Å². The summed E-state index contributed by atoms with van der Waals surface area (Å²) in [7, 11) is 0. The highest BCUT2D eigenvalue weighted by molar-refractivity contribution is 5.86. The molecule has 120 valence electrons. The van der Waals surface area contributed by atoms with Crippen molar-refractivity contribution in [3.8, 4) is 0 Å². The molecule has 0 atom stereocenters. The largest absolute Gasteiger partial charge is 0.0657 e. The van der Waals surface area contributed by atoms with Crippen LogP contribution in [0.1, 0.15) is 55.9 Å². The maximum absolute atomic E-state index is 2.39. The summed E-state index contributed by atoms with van der Waals surface area (Å²) in [5, 5.41) is 0. The van der Waals surface area contributed by atoms with Crippen LogP contribution in [0.25, 0.3) is 11.1 Å². The van der Waals surface area contributed by atoms with Crippen LogP contribution in [0.2, 0.25) is 0 Å². The van der Waals surface area contributed by atoms with Crippen molar-refractivity contribution in [3.05, 3.63) is 82.4 Å². The van der Waals surface area contributed by atoms with Gasteiger partial charge in [0.1, 0.15) is 0 Å². The lowest BCUT2D eigenvalue weighted by Crippen LogP contribution is -1.92. The van der Waals surface area contributed by atoms with E-state index in [1.807, 2.05) is 0 Å². The van der Waals surface area contributed by atoms with E-state index in [2.05, 4.69) is 89.2 Å². The molecule has 23 heavy (non-hydrogen) atoms. The quantitative estimate of drug-likeness (QED) is 0.523. The van der Waals surface area contributed by atoms with Crippen molar-refractivity contribution in [3.63, 3.8) is 0 Å². The molecule has 0 heteroatoms. The highest BCUT2D eigenvalue weighted by Gasteiger charge is 2.07. The molecule has 0 amide bonds. The molecule has 0 heterocycles. The predicted molar refractivity (Wildman–Crippen MR) is 104 cm³/mol. The summed E-state index contributed by atoms with van der Waals surface area (Å²) < 4.78 is 0. The molecule has 2 aromatic rings. The molecule has 0 N–H and O–H groups in total. The smallest absolute Gasteiger partial charge is 0.0184 e. The van der Waals surface area contributed by atoms with Gasteiger partial charge in [-0.05, 0) is 61.4 Å². The Morgan fingerprint density at radius 2 is 1.52 bits per heavy atom. The lowest BCUT2D eigenvalue weighted by molar-refractivity contribution is 1.10. The summed E-state index contributed by atoms with van der Waals surface area (Å²) in [5.74, 6) is 0. The van der Waals surface area contributed by atoms with Gasteiger partial charge in [-0.15, -0.1) is 0 Å². The Kier molecular flexibility index (Phi) is 5.98. The lowest BCUT2D eigenvalue weighted by Gasteiger charge is -2.13. The molecule has 0 aliphatic carbocycles. The zero-order valence-electron chi connectivity index (χ0n) is 15.1. The third-order valence-electron chi connectivity index (χ3n) is 4.54. The summed E-state index contributed by atoms with van der Waals surface area (Å²) in [4.78, 5) is 0. The second-order valence-corrected chi connectivity index (χ2v) is 6.25. The van der Waals surface area contributed by atoms with Gasteiger partial charge in [-0.3, -0.25) is 0 Å². The van der Waals surface area contributed by atoms with Gasteiger partial charge in [0.2, 0.25) is 0 Å². The second kappa shape index (κ2) is 7.97. The maximum Gasteiger partial charge on any atom is -0.0184 e. The van der Waals surface area contributed by atoms with Crippen LogP contribution in [-0.4, -0.2) is 0 Å². The summed E-state index contributed by atoms with van der Waals surface area (Å²) in [5.41, 5.74) is 9.55. The van der Waals surface area contributed by atoms with E-state index in [0.29, 0.717) is 0 Å². The van der Waals surface area contributed by atoms with Crippen molar-refractivity contribution in [2.75, 3.05) is 0 Å². The molecule has 0 nitrogen and oxygen atoms in total. The molecule has 0 spiro atoms. The summed E-state index contributed by atoms with van der Waals surface area (Å²) >= 11 is 0. The number of benzene rings is 2. The molecule has 0 aliphatic rings. The Hall–Kier alpha value is -2.08. The first-order valence-electron chi connectivity index (χ1n) is 8.60. The number of rotatable bonds is 5. The van der Waals surface area contributed by atoms with Crippen LogP contribution in [-0.2, 0) is 0 Å². The zero-order chi connectivity index (χ0) is 16.8. The fraction of sp³-hybridized carbons (Fsp3) is 0.304. The molecule has 0 bridgehead atoms. The Morgan fingerprint density at radius 3 is 2.09 bits per heavy atom. The van der Waals surface area contributed by atoms with Crippen molar-refractivity contribution >= 4 is 11.1 Å². The first-order valence-corrected chi connectivity index (χ1v) is 8.60. The van der Waals surface area contributed by atoms with E-state index in [1.54, 1.807) is 0 Å². The fourth-order valence-electron chi connectivity index (χ4n) is 2.85. The third-order valence-corrected chi connectivity index (χ3v) is 4.54. The normalized spacial score (nSPS) is 13.0. The number of aryl methyl sites for hydroxylation is 2. The Balaban J connectivity index is 2.56. The number of hydrogen-bond donors (Lipinski definition) is 0. The minimum atomic E-state index is 1.04. The van der Waals surface area contributed by atoms with Gasteiger partial charge >= 0.3 is 0 Å². The molecule has 0 saturated carbocycles.